The van der Waals surface area contributed by atoms with Crippen molar-refractivity contribution in [2.24, 2.45) is 17.1 Å². The summed E-state index contributed by atoms with van der Waals surface area (Å²) < 4.78 is 0. The third kappa shape index (κ3) is 0.669. The molecule has 1 saturated heterocycles. The van der Waals surface area contributed by atoms with E-state index in [1.54, 1.807) is 0 Å². The minimum atomic E-state index is -0.123. The molecule has 1 aliphatic heterocycles. The minimum absolute atomic E-state index is 0.118. The first-order chi connectivity index (χ1) is 4.75. The lowest BCUT2D eigenvalue weighted by molar-refractivity contribution is -0.122. The first-order valence-corrected chi connectivity index (χ1v) is 3.75. The molecule has 2 fully saturated rings. The summed E-state index contributed by atoms with van der Waals surface area (Å²) in [5.41, 5.74) is 5.53. The summed E-state index contributed by atoms with van der Waals surface area (Å²) in [4.78, 5) is 10.8. The summed E-state index contributed by atoms with van der Waals surface area (Å²) in [7, 11) is 0. The van der Waals surface area contributed by atoms with Crippen LogP contribution in [-0.4, -0.2) is 19.0 Å². The second-order valence-corrected chi connectivity index (χ2v) is 3.45. The van der Waals surface area contributed by atoms with Crippen LogP contribution in [0.4, 0.5) is 0 Å². The Labute approximate surface area is 60.0 Å². The third-order valence-electron chi connectivity index (χ3n) is 2.80. The van der Waals surface area contributed by atoms with Gasteiger partial charge in [-0.1, -0.05) is 0 Å². The average Bonchev–Trinajstić information content (AvgIpc) is 2.42. The Morgan fingerprint density at radius 2 is 2.30 bits per heavy atom. The zero-order chi connectivity index (χ0) is 7.19. The molecule has 1 amide bonds. The lowest BCUT2D eigenvalue weighted by atomic mass is 9.92. The van der Waals surface area contributed by atoms with Gasteiger partial charge >= 0.3 is 0 Å². The van der Waals surface area contributed by atoms with Crippen LogP contribution in [-0.2, 0) is 4.79 Å². The molecule has 1 saturated carbocycles. The van der Waals surface area contributed by atoms with Crippen LogP contribution in [0, 0.1) is 11.3 Å². The lowest BCUT2D eigenvalue weighted by Crippen LogP contribution is -2.30. The van der Waals surface area contributed by atoms with Crippen LogP contribution in [0.25, 0.3) is 0 Å². The van der Waals surface area contributed by atoms with E-state index in [1.807, 2.05) is 0 Å². The fourth-order valence-corrected chi connectivity index (χ4v) is 1.89. The van der Waals surface area contributed by atoms with E-state index >= 15 is 0 Å². The summed E-state index contributed by atoms with van der Waals surface area (Å²) >= 11 is 0. The van der Waals surface area contributed by atoms with Gasteiger partial charge in [-0.25, -0.2) is 0 Å². The molecule has 1 spiro atoms. The molecule has 3 N–H and O–H groups in total. The highest BCUT2D eigenvalue weighted by Gasteiger charge is 2.54. The molecule has 1 heterocycles. The minimum Gasteiger partial charge on any atom is -0.369 e. The van der Waals surface area contributed by atoms with Gasteiger partial charge in [-0.05, 0) is 18.3 Å². The smallest absolute Gasteiger partial charge is 0.222 e. The predicted molar refractivity (Wildman–Crippen MR) is 37.2 cm³/mol. The highest BCUT2D eigenvalue weighted by atomic mass is 16.1. The first kappa shape index (κ1) is 6.16. The summed E-state index contributed by atoms with van der Waals surface area (Å²) in [5, 5.41) is 3.21. The van der Waals surface area contributed by atoms with Gasteiger partial charge in [0.25, 0.3) is 0 Å². The van der Waals surface area contributed by atoms with Crippen molar-refractivity contribution in [1.82, 2.24) is 5.32 Å². The number of hydrogen-bond acceptors (Lipinski definition) is 2. The summed E-state index contributed by atoms with van der Waals surface area (Å²) in [6, 6.07) is 0. The molecule has 1 aliphatic carbocycles. The van der Waals surface area contributed by atoms with Crippen molar-refractivity contribution in [1.29, 1.82) is 0 Å². The molecule has 0 aromatic carbocycles. The molecule has 3 heteroatoms. The van der Waals surface area contributed by atoms with E-state index in [0.717, 1.165) is 13.1 Å². The van der Waals surface area contributed by atoms with E-state index in [4.69, 9.17) is 5.73 Å². The average molecular weight is 140 g/mol. The SMILES string of the molecule is NC(=O)C1CNCC12CC2. The molecule has 0 radical (unpaired) electrons. The van der Waals surface area contributed by atoms with Crippen molar-refractivity contribution in [3.05, 3.63) is 0 Å². The molecule has 1 unspecified atom stereocenters. The van der Waals surface area contributed by atoms with E-state index < -0.39 is 0 Å². The lowest BCUT2D eigenvalue weighted by Gasteiger charge is -2.11. The van der Waals surface area contributed by atoms with Crippen LogP contribution in [0.3, 0.4) is 0 Å². The van der Waals surface area contributed by atoms with Crippen LogP contribution in [0.15, 0.2) is 0 Å². The normalized spacial score (nSPS) is 34.6. The number of amides is 1. The molecule has 0 aromatic rings. The van der Waals surface area contributed by atoms with Crippen LogP contribution in [0.2, 0.25) is 0 Å². The fraction of sp³-hybridized carbons (Fsp3) is 0.857. The molecular weight excluding hydrogens is 128 g/mol. The van der Waals surface area contributed by atoms with Gasteiger partial charge in [-0.15, -0.1) is 0 Å². The Hall–Kier alpha value is -0.570. The molecule has 56 valence electrons. The van der Waals surface area contributed by atoms with Crippen molar-refractivity contribution in [2.75, 3.05) is 13.1 Å². The number of nitrogens with two attached hydrogens (primary N) is 1. The van der Waals surface area contributed by atoms with Gasteiger partial charge in [0.15, 0.2) is 0 Å². The predicted octanol–water partition coefficient (Wildman–Crippen LogP) is -0.529. The summed E-state index contributed by atoms with van der Waals surface area (Å²) in [6.45, 7) is 1.80. The molecular formula is C7H12N2O. The van der Waals surface area contributed by atoms with Gasteiger partial charge in [0.1, 0.15) is 0 Å². The molecule has 1 atom stereocenters. The number of carbonyl (C=O) groups is 1. The monoisotopic (exact) mass is 140 g/mol. The van der Waals surface area contributed by atoms with Gasteiger partial charge < -0.3 is 11.1 Å². The van der Waals surface area contributed by atoms with Crippen LogP contribution in [0.1, 0.15) is 12.8 Å². The van der Waals surface area contributed by atoms with E-state index in [9.17, 15) is 4.79 Å². The standard InChI is InChI=1S/C7H12N2O/c8-6(10)5-3-9-4-7(5)1-2-7/h5,9H,1-4H2,(H2,8,10). The summed E-state index contributed by atoms with van der Waals surface area (Å²) in [5.74, 6) is -0.00463. The molecule has 0 aromatic heterocycles. The first-order valence-electron chi connectivity index (χ1n) is 3.75. The Morgan fingerprint density at radius 3 is 2.70 bits per heavy atom. The molecule has 10 heavy (non-hydrogen) atoms. The highest BCUT2D eigenvalue weighted by molar-refractivity contribution is 5.78. The number of hydrogen-bond donors (Lipinski definition) is 2. The maximum Gasteiger partial charge on any atom is 0.222 e. The zero-order valence-electron chi connectivity index (χ0n) is 5.89. The molecule has 2 rings (SSSR count). The highest BCUT2D eigenvalue weighted by Crippen LogP contribution is 2.53. The van der Waals surface area contributed by atoms with Crippen molar-refractivity contribution >= 4 is 5.91 Å². The number of carbonyl (C=O) groups excluding carboxylic acids is 1. The van der Waals surface area contributed by atoms with Crippen molar-refractivity contribution < 1.29 is 4.79 Å². The van der Waals surface area contributed by atoms with Crippen LogP contribution < -0.4 is 11.1 Å². The van der Waals surface area contributed by atoms with Crippen molar-refractivity contribution in [2.45, 2.75) is 12.8 Å². The Bertz CT molecular complexity index is 174. The Kier molecular flexibility index (Phi) is 1.06. The van der Waals surface area contributed by atoms with Gasteiger partial charge in [0.05, 0.1) is 5.92 Å². The van der Waals surface area contributed by atoms with Gasteiger partial charge in [0.2, 0.25) is 5.91 Å². The third-order valence-corrected chi connectivity index (χ3v) is 2.80. The molecule has 2 aliphatic rings. The summed E-state index contributed by atoms with van der Waals surface area (Å²) in [6.07, 6.45) is 2.38. The van der Waals surface area contributed by atoms with Crippen LogP contribution >= 0.6 is 0 Å². The number of nitrogens with one attached hydrogen (secondary N) is 1. The maximum atomic E-state index is 10.8. The number of primary amides is 1. The van der Waals surface area contributed by atoms with E-state index in [-0.39, 0.29) is 11.8 Å². The zero-order valence-corrected chi connectivity index (χ0v) is 5.89. The van der Waals surface area contributed by atoms with E-state index in [0.29, 0.717) is 5.41 Å². The van der Waals surface area contributed by atoms with E-state index in [1.165, 1.54) is 12.8 Å². The maximum absolute atomic E-state index is 10.8. The molecule has 0 bridgehead atoms. The Morgan fingerprint density at radius 1 is 1.60 bits per heavy atom. The topological polar surface area (TPSA) is 55.1 Å². The van der Waals surface area contributed by atoms with Crippen LogP contribution in [0.5, 0.6) is 0 Å². The fourth-order valence-electron chi connectivity index (χ4n) is 1.89. The van der Waals surface area contributed by atoms with E-state index in [2.05, 4.69) is 5.32 Å². The Balaban J connectivity index is 2.14. The van der Waals surface area contributed by atoms with Crippen molar-refractivity contribution in [3.63, 3.8) is 0 Å². The van der Waals surface area contributed by atoms with Gasteiger partial charge in [-0.2, -0.15) is 0 Å². The quantitative estimate of drug-likeness (QED) is 0.514. The largest absolute Gasteiger partial charge is 0.369 e. The molecule has 3 nitrogen and oxygen atoms in total. The second-order valence-electron chi connectivity index (χ2n) is 3.45. The van der Waals surface area contributed by atoms with Gasteiger partial charge in [0, 0.05) is 13.1 Å². The van der Waals surface area contributed by atoms with Crippen molar-refractivity contribution in [3.8, 4) is 0 Å². The number of rotatable bonds is 1. The van der Waals surface area contributed by atoms with Gasteiger partial charge in [-0.3, -0.25) is 4.79 Å². The second kappa shape index (κ2) is 1.72.